The standard InChI is InChI=1S/C9H6BrN3/c1-6-2-7(10)4-13-5-8(3-11)12-9(6)13/h2,4-5H,1H3. The molecule has 13 heavy (non-hydrogen) atoms. The molecule has 0 spiro atoms. The second-order valence-corrected chi connectivity index (χ2v) is 3.73. The fourth-order valence-corrected chi connectivity index (χ4v) is 1.84. The first-order chi connectivity index (χ1) is 6.20. The second kappa shape index (κ2) is 2.86. The summed E-state index contributed by atoms with van der Waals surface area (Å²) in [5.74, 6) is 0. The largest absolute Gasteiger partial charge is 0.304 e. The molecular formula is C9H6BrN3. The number of aromatic nitrogens is 2. The Hall–Kier alpha value is -1.34. The number of hydrogen-bond donors (Lipinski definition) is 0. The van der Waals surface area contributed by atoms with Crippen molar-refractivity contribution in [2.75, 3.05) is 0 Å². The molecule has 0 saturated heterocycles. The quantitative estimate of drug-likeness (QED) is 0.704. The third-order valence-electron chi connectivity index (χ3n) is 1.82. The van der Waals surface area contributed by atoms with E-state index >= 15 is 0 Å². The monoisotopic (exact) mass is 235 g/mol. The molecule has 0 fully saturated rings. The average Bonchev–Trinajstić information content (AvgIpc) is 2.47. The molecule has 3 nitrogen and oxygen atoms in total. The number of halogens is 1. The molecule has 0 aliphatic rings. The summed E-state index contributed by atoms with van der Waals surface area (Å²) < 4.78 is 2.83. The maximum absolute atomic E-state index is 8.66. The van der Waals surface area contributed by atoms with Crippen LogP contribution in [0.3, 0.4) is 0 Å². The van der Waals surface area contributed by atoms with Gasteiger partial charge in [0.1, 0.15) is 11.7 Å². The lowest BCUT2D eigenvalue weighted by Crippen LogP contribution is -1.86. The van der Waals surface area contributed by atoms with E-state index in [9.17, 15) is 0 Å². The molecule has 64 valence electrons. The lowest BCUT2D eigenvalue weighted by atomic mass is 10.3. The van der Waals surface area contributed by atoms with Gasteiger partial charge in [-0.25, -0.2) is 4.98 Å². The van der Waals surface area contributed by atoms with Gasteiger partial charge in [-0.3, -0.25) is 0 Å². The third-order valence-corrected chi connectivity index (χ3v) is 2.25. The zero-order chi connectivity index (χ0) is 9.42. The minimum absolute atomic E-state index is 0.446. The number of imidazole rings is 1. The molecule has 0 radical (unpaired) electrons. The first kappa shape index (κ1) is 8.27. The summed E-state index contributed by atoms with van der Waals surface area (Å²) in [4.78, 5) is 4.15. The fraction of sp³-hybridized carbons (Fsp3) is 0.111. The van der Waals surface area contributed by atoms with E-state index in [0.717, 1.165) is 15.7 Å². The number of nitrogens with zero attached hydrogens (tertiary/aromatic N) is 3. The molecule has 0 unspecified atom stereocenters. The molecule has 0 aliphatic heterocycles. The molecule has 2 aromatic rings. The van der Waals surface area contributed by atoms with Crippen molar-refractivity contribution in [2.45, 2.75) is 6.92 Å². The molecule has 2 aromatic heterocycles. The normalized spacial score (nSPS) is 10.2. The van der Waals surface area contributed by atoms with Gasteiger partial charge >= 0.3 is 0 Å². The second-order valence-electron chi connectivity index (χ2n) is 2.81. The Labute approximate surface area is 83.8 Å². The van der Waals surface area contributed by atoms with Crippen LogP contribution < -0.4 is 0 Å². The summed E-state index contributed by atoms with van der Waals surface area (Å²) >= 11 is 3.38. The van der Waals surface area contributed by atoms with Crippen LogP contribution in [0, 0.1) is 18.3 Å². The number of fused-ring (bicyclic) bond motifs is 1. The Morgan fingerprint density at radius 2 is 2.31 bits per heavy atom. The molecule has 0 amide bonds. The molecule has 0 aromatic carbocycles. The van der Waals surface area contributed by atoms with Crippen LogP contribution in [0.1, 0.15) is 11.3 Å². The zero-order valence-corrected chi connectivity index (χ0v) is 8.54. The van der Waals surface area contributed by atoms with Crippen LogP contribution in [-0.4, -0.2) is 9.38 Å². The van der Waals surface area contributed by atoms with E-state index in [1.807, 2.05) is 29.7 Å². The van der Waals surface area contributed by atoms with E-state index in [1.165, 1.54) is 0 Å². The highest BCUT2D eigenvalue weighted by molar-refractivity contribution is 9.10. The van der Waals surface area contributed by atoms with Gasteiger partial charge in [0.25, 0.3) is 0 Å². The van der Waals surface area contributed by atoms with Gasteiger partial charge in [0, 0.05) is 16.9 Å². The minimum atomic E-state index is 0.446. The molecule has 2 heterocycles. The molecular weight excluding hydrogens is 230 g/mol. The van der Waals surface area contributed by atoms with Crippen LogP contribution >= 0.6 is 15.9 Å². The Balaban J connectivity index is 2.84. The minimum Gasteiger partial charge on any atom is -0.304 e. The molecule has 0 saturated carbocycles. The van der Waals surface area contributed by atoms with E-state index in [1.54, 1.807) is 6.20 Å². The van der Waals surface area contributed by atoms with Gasteiger partial charge in [-0.15, -0.1) is 0 Å². The van der Waals surface area contributed by atoms with Crippen molar-refractivity contribution < 1.29 is 0 Å². The van der Waals surface area contributed by atoms with E-state index < -0.39 is 0 Å². The predicted octanol–water partition coefficient (Wildman–Crippen LogP) is 2.28. The predicted molar refractivity (Wildman–Crippen MR) is 52.3 cm³/mol. The van der Waals surface area contributed by atoms with Crippen LogP contribution in [-0.2, 0) is 0 Å². The smallest absolute Gasteiger partial charge is 0.159 e. The van der Waals surface area contributed by atoms with Crippen LogP contribution in [0.15, 0.2) is 22.9 Å². The summed E-state index contributed by atoms with van der Waals surface area (Å²) in [5.41, 5.74) is 2.33. The maximum Gasteiger partial charge on any atom is 0.159 e. The Morgan fingerprint density at radius 3 is 3.00 bits per heavy atom. The highest BCUT2D eigenvalue weighted by Gasteiger charge is 2.03. The van der Waals surface area contributed by atoms with Gasteiger partial charge in [0.2, 0.25) is 0 Å². The Kier molecular flexibility index (Phi) is 1.82. The van der Waals surface area contributed by atoms with Gasteiger partial charge in [-0.05, 0) is 34.5 Å². The van der Waals surface area contributed by atoms with Gasteiger partial charge in [-0.1, -0.05) is 0 Å². The van der Waals surface area contributed by atoms with Crippen molar-refractivity contribution in [1.29, 1.82) is 5.26 Å². The molecule has 4 heteroatoms. The van der Waals surface area contributed by atoms with Crippen LogP contribution in [0.5, 0.6) is 0 Å². The van der Waals surface area contributed by atoms with Crippen molar-refractivity contribution in [3.63, 3.8) is 0 Å². The van der Waals surface area contributed by atoms with Gasteiger partial charge in [0.15, 0.2) is 5.69 Å². The average molecular weight is 236 g/mol. The molecule has 0 aliphatic carbocycles. The first-order valence-corrected chi connectivity index (χ1v) is 4.55. The molecule has 0 N–H and O–H groups in total. The summed E-state index contributed by atoms with van der Waals surface area (Å²) in [6.07, 6.45) is 3.60. The Morgan fingerprint density at radius 1 is 1.54 bits per heavy atom. The first-order valence-electron chi connectivity index (χ1n) is 3.75. The van der Waals surface area contributed by atoms with Crippen molar-refractivity contribution in [1.82, 2.24) is 9.38 Å². The highest BCUT2D eigenvalue weighted by atomic mass is 79.9. The van der Waals surface area contributed by atoms with Crippen LogP contribution in [0.4, 0.5) is 0 Å². The maximum atomic E-state index is 8.66. The number of rotatable bonds is 0. The van der Waals surface area contributed by atoms with Crippen molar-refractivity contribution in [3.05, 3.63) is 34.2 Å². The third kappa shape index (κ3) is 1.31. The van der Waals surface area contributed by atoms with Crippen molar-refractivity contribution in [2.24, 2.45) is 0 Å². The SMILES string of the molecule is Cc1cc(Br)cn2cc(C#N)nc12. The lowest BCUT2D eigenvalue weighted by Gasteiger charge is -1.97. The van der Waals surface area contributed by atoms with Gasteiger partial charge in [0.05, 0.1) is 0 Å². The van der Waals surface area contributed by atoms with E-state index in [4.69, 9.17) is 5.26 Å². The van der Waals surface area contributed by atoms with Crippen molar-refractivity contribution >= 4 is 21.6 Å². The number of hydrogen-bond acceptors (Lipinski definition) is 2. The fourth-order valence-electron chi connectivity index (χ4n) is 1.28. The van der Waals surface area contributed by atoms with Crippen LogP contribution in [0.2, 0.25) is 0 Å². The summed E-state index contributed by atoms with van der Waals surface area (Å²) in [7, 11) is 0. The van der Waals surface area contributed by atoms with Gasteiger partial charge in [-0.2, -0.15) is 5.26 Å². The molecule has 0 bridgehead atoms. The van der Waals surface area contributed by atoms with E-state index in [0.29, 0.717) is 5.69 Å². The number of nitriles is 1. The van der Waals surface area contributed by atoms with Crippen LogP contribution in [0.25, 0.3) is 5.65 Å². The summed E-state index contributed by atoms with van der Waals surface area (Å²) in [5, 5.41) is 8.66. The summed E-state index contributed by atoms with van der Waals surface area (Å²) in [6, 6.07) is 3.99. The lowest BCUT2D eigenvalue weighted by molar-refractivity contribution is 1.15. The number of aryl methyl sites for hydroxylation is 1. The molecule has 2 rings (SSSR count). The highest BCUT2D eigenvalue weighted by Crippen LogP contribution is 2.16. The topological polar surface area (TPSA) is 41.1 Å². The summed E-state index contributed by atoms with van der Waals surface area (Å²) in [6.45, 7) is 1.97. The van der Waals surface area contributed by atoms with E-state index in [-0.39, 0.29) is 0 Å². The Bertz CT molecular complexity index is 507. The molecule has 0 atom stereocenters. The van der Waals surface area contributed by atoms with E-state index in [2.05, 4.69) is 20.9 Å². The van der Waals surface area contributed by atoms with Gasteiger partial charge < -0.3 is 4.40 Å². The van der Waals surface area contributed by atoms with Crippen molar-refractivity contribution in [3.8, 4) is 6.07 Å². The zero-order valence-electron chi connectivity index (χ0n) is 6.95. The number of pyridine rings is 1.